The molecule has 1 rings (SSSR count). The largest absolute Gasteiger partial charge is 0.370 e. The van der Waals surface area contributed by atoms with Gasteiger partial charge < -0.3 is 11.1 Å². The molecule has 1 unspecified atom stereocenters. The van der Waals surface area contributed by atoms with E-state index in [1.54, 1.807) is 0 Å². The summed E-state index contributed by atoms with van der Waals surface area (Å²) < 4.78 is 0. The molecule has 0 aromatic carbocycles. The molecule has 0 radical (unpaired) electrons. The zero-order valence-electron chi connectivity index (χ0n) is 13.4. The molecule has 120 valence electrons. The Bertz CT molecular complexity index is 259. The highest BCUT2D eigenvalue weighted by Gasteiger charge is 2.27. The third kappa shape index (κ3) is 6.61. The van der Waals surface area contributed by atoms with E-state index in [-0.39, 0.29) is 24.0 Å². The molecule has 5 heteroatoms. The molecule has 0 amide bonds. The van der Waals surface area contributed by atoms with Gasteiger partial charge in [0.25, 0.3) is 0 Å². The molecule has 0 aliphatic carbocycles. The average Bonchev–Trinajstić information content (AvgIpc) is 2.94. The van der Waals surface area contributed by atoms with Crippen LogP contribution in [-0.2, 0) is 0 Å². The Morgan fingerprint density at radius 3 is 2.30 bits per heavy atom. The van der Waals surface area contributed by atoms with Crippen molar-refractivity contribution in [2.24, 2.45) is 16.6 Å². The normalized spacial score (nSPS) is 18.1. The van der Waals surface area contributed by atoms with Crippen LogP contribution in [0.4, 0.5) is 0 Å². The van der Waals surface area contributed by atoms with Gasteiger partial charge in [0.1, 0.15) is 0 Å². The third-order valence-corrected chi connectivity index (χ3v) is 4.21. The van der Waals surface area contributed by atoms with Crippen molar-refractivity contribution in [3.63, 3.8) is 0 Å². The summed E-state index contributed by atoms with van der Waals surface area (Å²) in [6, 6.07) is 0.569. The van der Waals surface area contributed by atoms with E-state index in [1.165, 1.54) is 38.8 Å². The quantitative estimate of drug-likeness (QED) is 0.377. The first kappa shape index (κ1) is 20.0. The van der Waals surface area contributed by atoms with Gasteiger partial charge >= 0.3 is 0 Å². The highest BCUT2D eigenvalue weighted by molar-refractivity contribution is 14.0. The molecule has 1 aliphatic rings. The molecule has 20 heavy (non-hydrogen) atoms. The Morgan fingerprint density at radius 2 is 1.80 bits per heavy atom. The lowest BCUT2D eigenvalue weighted by atomic mass is 9.93. The van der Waals surface area contributed by atoms with Gasteiger partial charge in [-0.2, -0.15) is 0 Å². The van der Waals surface area contributed by atoms with Gasteiger partial charge in [-0.25, -0.2) is 0 Å². The van der Waals surface area contributed by atoms with Gasteiger partial charge in [-0.1, -0.05) is 33.6 Å². The second-order valence-corrected chi connectivity index (χ2v) is 5.54. The Labute approximate surface area is 142 Å². The predicted octanol–water partition coefficient (Wildman–Crippen LogP) is 2.82. The van der Waals surface area contributed by atoms with Gasteiger partial charge in [-0.3, -0.25) is 9.89 Å². The van der Waals surface area contributed by atoms with Crippen molar-refractivity contribution in [2.75, 3.05) is 26.2 Å². The van der Waals surface area contributed by atoms with Crippen LogP contribution in [0.15, 0.2) is 4.99 Å². The molecule has 1 heterocycles. The first-order valence-corrected chi connectivity index (χ1v) is 8.00. The van der Waals surface area contributed by atoms with Crippen molar-refractivity contribution in [3.8, 4) is 0 Å². The van der Waals surface area contributed by atoms with Crippen LogP contribution in [0.5, 0.6) is 0 Å². The number of nitrogens with zero attached hydrogens (tertiary/aromatic N) is 2. The van der Waals surface area contributed by atoms with E-state index in [0.29, 0.717) is 12.0 Å². The predicted molar refractivity (Wildman–Crippen MR) is 98.9 cm³/mol. The van der Waals surface area contributed by atoms with Crippen LogP contribution in [0.25, 0.3) is 0 Å². The molecule has 1 aliphatic heterocycles. The van der Waals surface area contributed by atoms with E-state index in [9.17, 15) is 0 Å². The van der Waals surface area contributed by atoms with Gasteiger partial charge in [0.2, 0.25) is 0 Å². The van der Waals surface area contributed by atoms with Gasteiger partial charge in [0.15, 0.2) is 5.96 Å². The summed E-state index contributed by atoms with van der Waals surface area (Å²) in [5, 5.41) is 3.16. The monoisotopic (exact) mass is 396 g/mol. The lowest BCUT2D eigenvalue weighted by Gasteiger charge is -2.32. The van der Waals surface area contributed by atoms with Crippen LogP contribution in [0.2, 0.25) is 0 Å². The van der Waals surface area contributed by atoms with Crippen LogP contribution < -0.4 is 11.1 Å². The van der Waals surface area contributed by atoms with Crippen molar-refractivity contribution >= 4 is 29.9 Å². The second kappa shape index (κ2) is 11.6. The van der Waals surface area contributed by atoms with Crippen molar-refractivity contribution in [3.05, 3.63) is 0 Å². The molecule has 0 bridgehead atoms. The standard InChI is InChI=1S/C15H32N4.HI/c1-4-9-17-15(16)18-12-14(13(5-2)6-3)19-10-7-8-11-19;/h13-14H,4-12H2,1-3H3,(H3,16,17,18);1H. The molecule has 3 N–H and O–H groups in total. The highest BCUT2D eigenvalue weighted by atomic mass is 127. The van der Waals surface area contributed by atoms with E-state index in [1.807, 2.05) is 0 Å². The van der Waals surface area contributed by atoms with E-state index in [0.717, 1.165) is 25.4 Å². The van der Waals surface area contributed by atoms with Gasteiger partial charge in [-0.15, -0.1) is 24.0 Å². The third-order valence-electron chi connectivity index (χ3n) is 4.21. The molecular weight excluding hydrogens is 363 g/mol. The zero-order valence-corrected chi connectivity index (χ0v) is 15.7. The number of hydrogen-bond acceptors (Lipinski definition) is 2. The van der Waals surface area contributed by atoms with Crippen LogP contribution in [0.1, 0.15) is 52.9 Å². The number of nitrogens with two attached hydrogens (primary N) is 1. The molecule has 4 nitrogen and oxygen atoms in total. The molecule has 1 saturated heterocycles. The minimum atomic E-state index is 0. The van der Waals surface area contributed by atoms with Crippen molar-refractivity contribution in [2.45, 2.75) is 58.9 Å². The molecule has 0 spiro atoms. The summed E-state index contributed by atoms with van der Waals surface area (Å²) in [6.07, 6.45) is 6.22. The summed E-state index contributed by atoms with van der Waals surface area (Å²) >= 11 is 0. The molecular formula is C15H33IN4. The fraction of sp³-hybridized carbons (Fsp3) is 0.933. The summed E-state index contributed by atoms with van der Waals surface area (Å²) in [6.45, 7) is 10.9. The number of rotatable bonds is 8. The van der Waals surface area contributed by atoms with Gasteiger partial charge in [0, 0.05) is 12.6 Å². The van der Waals surface area contributed by atoms with E-state index >= 15 is 0 Å². The molecule has 0 aromatic heterocycles. The fourth-order valence-corrected chi connectivity index (χ4v) is 2.97. The Hall–Kier alpha value is -0.0400. The zero-order chi connectivity index (χ0) is 14.1. The highest BCUT2D eigenvalue weighted by Crippen LogP contribution is 2.23. The number of guanidine groups is 1. The molecule has 1 fully saturated rings. The van der Waals surface area contributed by atoms with Crippen LogP contribution in [0.3, 0.4) is 0 Å². The van der Waals surface area contributed by atoms with Gasteiger partial charge in [-0.05, 0) is 38.3 Å². The molecule has 0 aromatic rings. The van der Waals surface area contributed by atoms with Gasteiger partial charge in [0.05, 0.1) is 6.54 Å². The number of halogens is 1. The SMILES string of the molecule is CCCNC(N)=NCC(C(CC)CC)N1CCCC1.I. The lowest BCUT2D eigenvalue weighted by molar-refractivity contribution is 0.172. The maximum Gasteiger partial charge on any atom is 0.188 e. The minimum Gasteiger partial charge on any atom is -0.370 e. The lowest BCUT2D eigenvalue weighted by Crippen LogP contribution is -2.42. The first-order valence-electron chi connectivity index (χ1n) is 8.00. The second-order valence-electron chi connectivity index (χ2n) is 5.54. The molecule has 1 atom stereocenters. The summed E-state index contributed by atoms with van der Waals surface area (Å²) in [5.74, 6) is 1.35. The van der Waals surface area contributed by atoms with E-state index in [4.69, 9.17) is 5.73 Å². The fourth-order valence-electron chi connectivity index (χ4n) is 2.97. The van der Waals surface area contributed by atoms with Crippen LogP contribution in [-0.4, -0.2) is 43.1 Å². The van der Waals surface area contributed by atoms with E-state index < -0.39 is 0 Å². The average molecular weight is 396 g/mol. The summed E-state index contributed by atoms with van der Waals surface area (Å²) in [7, 11) is 0. The Morgan fingerprint density at radius 1 is 1.20 bits per heavy atom. The number of nitrogens with one attached hydrogen (secondary N) is 1. The number of hydrogen-bond donors (Lipinski definition) is 2. The first-order chi connectivity index (χ1) is 9.22. The van der Waals surface area contributed by atoms with Crippen LogP contribution in [0, 0.1) is 5.92 Å². The molecule has 0 saturated carbocycles. The summed E-state index contributed by atoms with van der Waals surface area (Å²) in [5.41, 5.74) is 5.91. The number of aliphatic imine (C=N–C) groups is 1. The van der Waals surface area contributed by atoms with Crippen molar-refractivity contribution < 1.29 is 0 Å². The maximum absolute atomic E-state index is 5.91. The summed E-state index contributed by atoms with van der Waals surface area (Å²) in [4.78, 5) is 7.18. The number of likely N-dealkylation sites (tertiary alicyclic amines) is 1. The smallest absolute Gasteiger partial charge is 0.188 e. The topological polar surface area (TPSA) is 53.6 Å². The van der Waals surface area contributed by atoms with Crippen molar-refractivity contribution in [1.82, 2.24) is 10.2 Å². The van der Waals surface area contributed by atoms with Crippen LogP contribution >= 0.6 is 24.0 Å². The Kier molecular flexibility index (Phi) is 11.6. The minimum absolute atomic E-state index is 0. The van der Waals surface area contributed by atoms with E-state index in [2.05, 4.69) is 36.0 Å². The maximum atomic E-state index is 5.91. The Balaban J connectivity index is 0.00000361. The van der Waals surface area contributed by atoms with Crippen molar-refractivity contribution in [1.29, 1.82) is 0 Å².